The molecule has 0 radical (unpaired) electrons. The molecule has 0 aromatic heterocycles. The Morgan fingerprint density at radius 1 is 0.741 bits per heavy atom. The van der Waals surface area contributed by atoms with Gasteiger partial charge in [0.05, 0.1) is 14.2 Å². The minimum atomic E-state index is 0.729. The Labute approximate surface area is 161 Å². The van der Waals surface area contributed by atoms with Crippen molar-refractivity contribution in [1.29, 1.82) is 0 Å². The fourth-order valence-corrected chi connectivity index (χ4v) is 3.76. The average Bonchev–Trinajstić information content (AvgIpc) is 2.90. The summed E-state index contributed by atoms with van der Waals surface area (Å²) in [5.74, 6) is 1.62. The zero-order valence-corrected chi connectivity index (χ0v) is 15.9. The van der Waals surface area contributed by atoms with E-state index >= 15 is 0 Å². The van der Waals surface area contributed by atoms with E-state index in [1.54, 1.807) is 14.2 Å². The predicted octanol–water partition coefficient (Wildman–Crippen LogP) is 5.01. The molecular weight excluding hydrogens is 334 g/mol. The van der Waals surface area contributed by atoms with E-state index in [0.29, 0.717) is 0 Å². The molecule has 1 aliphatic rings. The Morgan fingerprint density at radius 3 is 2.15 bits per heavy atom. The third-order valence-corrected chi connectivity index (χ3v) is 5.28. The van der Waals surface area contributed by atoms with Gasteiger partial charge in [-0.2, -0.15) is 0 Å². The van der Waals surface area contributed by atoms with Gasteiger partial charge in [0.15, 0.2) is 0 Å². The number of ether oxygens (including phenoxy) is 2. The molecular formula is C24H25NO2. The van der Waals surface area contributed by atoms with Crippen molar-refractivity contribution in [2.24, 2.45) is 0 Å². The van der Waals surface area contributed by atoms with Crippen molar-refractivity contribution in [3.8, 4) is 11.5 Å². The maximum Gasteiger partial charge on any atom is 0.122 e. The molecule has 0 bridgehead atoms. The first-order valence-corrected chi connectivity index (χ1v) is 9.39. The maximum absolute atomic E-state index is 5.36. The van der Waals surface area contributed by atoms with Crippen molar-refractivity contribution in [3.05, 3.63) is 88.5 Å². The van der Waals surface area contributed by atoms with Gasteiger partial charge in [0, 0.05) is 18.3 Å². The SMILES string of the molecule is COc1cc(CNc2ccc3c(c2)CCc2ccccc2C3)cc(OC)c1. The van der Waals surface area contributed by atoms with Gasteiger partial charge in [0.2, 0.25) is 0 Å². The van der Waals surface area contributed by atoms with Crippen LogP contribution >= 0.6 is 0 Å². The Bertz CT molecular complexity index is 927. The van der Waals surface area contributed by atoms with E-state index in [4.69, 9.17) is 9.47 Å². The van der Waals surface area contributed by atoms with Gasteiger partial charge >= 0.3 is 0 Å². The smallest absolute Gasteiger partial charge is 0.122 e. The lowest BCUT2D eigenvalue weighted by molar-refractivity contribution is 0.393. The van der Waals surface area contributed by atoms with Crippen LogP contribution in [0.5, 0.6) is 11.5 Å². The Hall–Kier alpha value is -2.94. The largest absolute Gasteiger partial charge is 0.497 e. The van der Waals surface area contributed by atoms with Crippen LogP contribution in [0.4, 0.5) is 5.69 Å². The predicted molar refractivity (Wildman–Crippen MR) is 110 cm³/mol. The van der Waals surface area contributed by atoms with Crippen LogP contribution in [-0.2, 0) is 25.8 Å². The molecule has 3 nitrogen and oxygen atoms in total. The van der Waals surface area contributed by atoms with Crippen LogP contribution in [-0.4, -0.2) is 14.2 Å². The normalized spacial score (nSPS) is 12.5. The van der Waals surface area contributed by atoms with E-state index in [2.05, 4.69) is 47.8 Å². The molecule has 0 saturated heterocycles. The molecule has 0 fully saturated rings. The van der Waals surface area contributed by atoms with Gasteiger partial charge in [0.25, 0.3) is 0 Å². The summed E-state index contributed by atoms with van der Waals surface area (Å²) < 4.78 is 10.7. The van der Waals surface area contributed by atoms with Crippen LogP contribution in [0.2, 0.25) is 0 Å². The highest BCUT2D eigenvalue weighted by molar-refractivity contribution is 5.52. The fraction of sp³-hybridized carbons (Fsp3) is 0.250. The van der Waals surface area contributed by atoms with Crippen LogP contribution in [0.1, 0.15) is 27.8 Å². The van der Waals surface area contributed by atoms with Crippen LogP contribution in [0.25, 0.3) is 0 Å². The Balaban J connectivity index is 1.50. The molecule has 4 rings (SSSR count). The third kappa shape index (κ3) is 3.92. The fourth-order valence-electron chi connectivity index (χ4n) is 3.76. The topological polar surface area (TPSA) is 30.5 Å². The first-order valence-electron chi connectivity index (χ1n) is 9.39. The molecule has 0 spiro atoms. The minimum Gasteiger partial charge on any atom is -0.497 e. The molecule has 1 aliphatic carbocycles. The second-order valence-electron chi connectivity index (χ2n) is 7.00. The van der Waals surface area contributed by atoms with Crippen molar-refractivity contribution in [2.45, 2.75) is 25.8 Å². The molecule has 138 valence electrons. The van der Waals surface area contributed by atoms with Crippen LogP contribution < -0.4 is 14.8 Å². The molecule has 0 saturated carbocycles. The molecule has 0 atom stereocenters. The lowest BCUT2D eigenvalue weighted by atomic mass is 10.00. The number of benzene rings is 3. The number of aryl methyl sites for hydroxylation is 2. The molecule has 0 unspecified atom stereocenters. The third-order valence-electron chi connectivity index (χ3n) is 5.28. The molecule has 0 amide bonds. The summed E-state index contributed by atoms with van der Waals surface area (Å²) in [5, 5.41) is 3.54. The van der Waals surface area contributed by atoms with Crippen LogP contribution in [0.15, 0.2) is 60.7 Å². The first kappa shape index (κ1) is 17.5. The molecule has 3 aromatic carbocycles. The molecule has 1 N–H and O–H groups in total. The van der Waals surface area contributed by atoms with Gasteiger partial charge < -0.3 is 14.8 Å². The first-order chi connectivity index (χ1) is 13.2. The lowest BCUT2D eigenvalue weighted by Gasteiger charge is -2.13. The number of hydrogen-bond acceptors (Lipinski definition) is 3. The minimum absolute atomic E-state index is 0.729. The maximum atomic E-state index is 5.36. The van der Waals surface area contributed by atoms with E-state index in [1.165, 1.54) is 22.3 Å². The van der Waals surface area contributed by atoms with Gasteiger partial charge in [-0.15, -0.1) is 0 Å². The average molecular weight is 359 g/mol. The number of hydrogen-bond donors (Lipinski definition) is 1. The zero-order chi connectivity index (χ0) is 18.6. The number of fused-ring (bicyclic) bond motifs is 2. The lowest BCUT2D eigenvalue weighted by Crippen LogP contribution is -2.02. The summed E-state index contributed by atoms with van der Waals surface area (Å²) >= 11 is 0. The number of nitrogens with one attached hydrogen (secondary N) is 1. The molecule has 0 heterocycles. The standard InChI is InChI=1S/C24H25NO2/c1-26-23-11-17(12-24(15-23)27-2)16-25-22-10-9-20-13-19-6-4-3-5-18(19)7-8-21(20)14-22/h3-6,9-12,14-15,25H,7-8,13,16H2,1-2H3. The van der Waals surface area contributed by atoms with Crippen LogP contribution in [0.3, 0.4) is 0 Å². The Morgan fingerprint density at radius 2 is 1.41 bits per heavy atom. The second kappa shape index (κ2) is 7.75. The molecule has 0 aliphatic heterocycles. The van der Waals surface area contributed by atoms with E-state index in [0.717, 1.165) is 48.6 Å². The highest BCUT2D eigenvalue weighted by atomic mass is 16.5. The van der Waals surface area contributed by atoms with E-state index < -0.39 is 0 Å². The summed E-state index contributed by atoms with van der Waals surface area (Å²) in [7, 11) is 3.35. The summed E-state index contributed by atoms with van der Waals surface area (Å²) in [6, 6.07) is 21.5. The molecule has 3 aromatic rings. The van der Waals surface area contributed by atoms with Crippen molar-refractivity contribution < 1.29 is 9.47 Å². The van der Waals surface area contributed by atoms with E-state index in [9.17, 15) is 0 Å². The van der Waals surface area contributed by atoms with E-state index in [1.807, 2.05) is 18.2 Å². The summed E-state index contributed by atoms with van der Waals surface area (Å²) in [6.45, 7) is 0.729. The van der Waals surface area contributed by atoms with Crippen LogP contribution in [0, 0.1) is 0 Å². The van der Waals surface area contributed by atoms with Gasteiger partial charge in [0.1, 0.15) is 11.5 Å². The van der Waals surface area contributed by atoms with Crippen molar-refractivity contribution in [1.82, 2.24) is 0 Å². The molecule has 3 heteroatoms. The number of rotatable bonds is 5. The number of anilines is 1. The zero-order valence-electron chi connectivity index (χ0n) is 15.9. The van der Waals surface area contributed by atoms with Gasteiger partial charge in [-0.3, -0.25) is 0 Å². The highest BCUT2D eigenvalue weighted by Crippen LogP contribution is 2.27. The van der Waals surface area contributed by atoms with Crippen molar-refractivity contribution in [2.75, 3.05) is 19.5 Å². The summed E-state index contributed by atoms with van der Waals surface area (Å²) in [4.78, 5) is 0. The van der Waals surface area contributed by atoms with Crippen molar-refractivity contribution in [3.63, 3.8) is 0 Å². The quantitative estimate of drug-likeness (QED) is 0.695. The Kier molecular flexibility index (Phi) is 5.01. The monoisotopic (exact) mass is 359 g/mol. The van der Waals surface area contributed by atoms with Gasteiger partial charge in [-0.1, -0.05) is 30.3 Å². The molecule has 27 heavy (non-hydrogen) atoms. The highest BCUT2D eigenvalue weighted by Gasteiger charge is 2.13. The second-order valence-corrected chi connectivity index (χ2v) is 7.00. The summed E-state index contributed by atoms with van der Waals surface area (Å²) in [6.07, 6.45) is 3.23. The summed E-state index contributed by atoms with van der Waals surface area (Å²) in [5.41, 5.74) is 8.11. The number of methoxy groups -OCH3 is 2. The van der Waals surface area contributed by atoms with E-state index in [-0.39, 0.29) is 0 Å². The van der Waals surface area contributed by atoms with Gasteiger partial charge in [-0.25, -0.2) is 0 Å². The van der Waals surface area contributed by atoms with Gasteiger partial charge in [-0.05, 0) is 71.3 Å². The van der Waals surface area contributed by atoms with Crippen molar-refractivity contribution >= 4 is 5.69 Å².